The molecule has 1 amide bonds. The van der Waals surface area contributed by atoms with Gasteiger partial charge in [0.15, 0.2) is 0 Å². The lowest BCUT2D eigenvalue weighted by atomic mass is 9.88. The number of nitrogens with zero attached hydrogens (tertiary/aromatic N) is 1. The summed E-state index contributed by atoms with van der Waals surface area (Å²) >= 11 is 5.85. The number of nitrogens with two attached hydrogens (primary N) is 1. The molecule has 2 atom stereocenters. The maximum atomic E-state index is 13.8. The van der Waals surface area contributed by atoms with Crippen LogP contribution in [0.5, 0.6) is 0 Å². The van der Waals surface area contributed by atoms with E-state index in [2.05, 4.69) is 6.92 Å². The minimum atomic E-state index is -0.534. The molecule has 1 aromatic carbocycles. The van der Waals surface area contributed by atoms with Gasteiger partial charge in [0.1, 0.15) is 5.82 Å². The molecule has 0 aliphatic carbocycles. The molecule has 0 radical (unpaired) electrons. The van der Waals surface area contributed by atoms with Gasteiger partial charge in [-0.3, -0.25) is 4.79 Å². The lowest BCUT2D eigenvalue weighted by molar-refractivity contribution is 0.0554. The number of halogens is 2. The van der Waals surface area contributed by atoms with Gasteiger partial charge < -0.3 is 10.6 Å². The Labute approximate surface area is 123 Å². The standard InChI is InChI=1S/C15H20ClFN2O/c1-2-10-5-6-19(12(7-10)9-18)15(20)13-8-11(16)3-4-14(13)17/h3-4,8,10,12H,2,5-7,9,18H2,1H3. The van der Waals surface area contributed by atoms with Gasteiger partial charge in [0.2, 0.25) is 0 Å². The third-order valence-electron chi connectivity index (χ3n) is 4.09. The molecule has 110 valence electrons. The highest BCUT2D eigenvalue weighted by Gasteiger charge is 2.31. The number of piperidine rings is 1. The number of amides is 1. The largest absolute Gasteiger partial charge is 0.334 e. The summed E-state index contributed by atoms with van der Waals surface area (Å²) in [6, 6.07) is 4.04. The first kappa shape index (κ1) is 15.3. The quantitative estimate of drug-likeness (QED) is 0.932. The summed E-state index contributed by atoms with van der Waals surface area (Å²) in [5.41, 5.74) is 5.81. The van der Waals surface area contributed by atoms with E-state index in [9.17, 15) is 9.18 Å². The second-order valence-corrected chi connectivity index (χ2v) is 5.75. The predicted octanol–water partition coefficient (Wildman–Crippen LogP) is 3.07. The van der Waals surface area contributed by atoms with E-state index in [0.29, 0.717) is 24.0 Å². The first-order valence-electron chi connectivity index (χ1n) is 7.02. The van der Waals surface area contributed by atoms with Crippen LogP contribution >= 0.6 is 11.6 Å². The molecule has 5 heteroatoms. The van der Waals surface area contributed by atoms with Crippen LogP contribution in [0.4, 0.5) is 4.39 Å². The van der Waals surface area contributed by atoms with Crippen LogP contribution in [0.3, 0.4) is 0 Å². The molecule has 1 fully saturated rings. The summed E-state index contributed by atoms with van der Waals surface area (Å²) < 4.78 is 13.8. The lowest BCUT2D eigenvalue weighted by Gasteiger charge is -2.39. The number of hydrogen-bond donors (Lipinski definition) is 1. The Kier molecular flexibility index (Phi) is 5.00. The van der Waals surface area contributed by atoms with Crippen molar-refractivity contribution >= 4 is 17.5 Å². The van der Waals surface area contributed by atoms with Crippen LogP contribution in [-0.2, 0) is 0 Å². The van der Waals surface area contributed by atoms with E-state index in [0.717, 1.165) is 19.3 Å². The van der Waals surface area contributed by atoms with Gasteiger partial charge in [0.05, 0.1) is 5.56 Å². The van der Waals surface area contributed by atoms with E-state index in [1.165, 1.54) is 18.2 Å². The Morgan fingerprint density at radius 2 is 2.30 bits per heavy atom. The SMILES string of the molecule is CCC1CCN(C(=O)c2cc(Cl)ccc2F)C(CN)C1. The van der Waals surface area contributed by atoms with E-state index >= 15 is 0 Å². The number of rotatable bonds is 3. The van der Waals surface area contributed by atoms with Gasteiger partial charge in [-0.2, -0.15) is 0 Å². The van der Waals surface area contributed by atoms with Gasteiger partial charge in [0.25, 0.3) is 5.91 Å². The number of carbonyl (C=O) groups is 1. The van der Waals surface area contributed by atoms with Crippen molar-refractivity contribution in [3.63, 3.8) is 0 Å². The lowest BCUT2D eigenvalue weighted by Crippen LogP contribution is -2.49. The van der Waals surface area contributed by atoms with E-state index < -0.39 is 5.82 Å². The zero-order valence-electron chi connectivity index (χ0n) is 11.6. The average molecular weight is 299 g/mol. The van der Waals surface area contributed by atoms with Crippen molar-refractivity contribution in [2.75, 3.05) is 13.1 Å². The van der Waals surface area contributed by atoms with Crippen LogP contribution in [0.15, 0.2) is 18.2 Å². The molecular weight excluding hydrogens is 279 g/mol. The van der Waals surface area contributed by atoms with Crippen LogP contribution in [0, 0.1) is 11.7 Å². The topological polar surface area (TPSA) is 46.3 Å². The van der Waals surface area contributed by atoms with Crippen LogP contribution < -0.4 is 5.73 Å². The van der Waals surface area contributed by atoms with Crippen LogP contribution in [0.25, 0.3) is 0 Å². The van der Waals surface area contributed by atoms with Crippen molar-refractivity contribution in [1.29, 1.82) is 0 Å². The highest BCUT2D eigenvalue weighted by atomic mass is 35.5. The van der Waals surface area contributed by atoms with Gasteiger partial charge >= 0.3 is 0 Å². The van der Waals surface area contributed by atoms with Gasteiger partial charge in [-0.15, -0.1) is 0 Å². The molecule has 1 aromatic rings. The Morgan fingerprint density at radius 1 is 1.55 bits per heavy atom. The second kappa shape index (κ2) is 6.55. The van der Waals surface area contributed by atoms with E-state index in [1.807, 2.05) is 0 Å². The highest BCUT2D eigenvalue weighted by Crippen LogP contribution is 2.27. The zero-order chi connectivity index (χ0) is 14.7. The molecular formula is C15H20ClFN2O. The van der Waals surface area contributed by atoms with Crippen molar-refractivity contribution in [2.45, 2.75) is 32.2 Å². The third-order valence-corrected chi connectivity index (χ3v) is 4.33. The average Bonchev–Trinajstić information content (AvgIpc) is 2.48. The fourth-order valence-electron chi connectivity index (χ4n) is 2.81. The van der Waals surface area contributed by atoms with E-state index in [4.69, 9.17) is 17.3 Å². The smallest absolute Gasteiger partial charge is 0.257 e. The van der Waals surface area contributed by atoms with Crippen molar-refractivity contribution in [2.24, 2.45) is 11.7 Å². The molecule has 0 aromatic heterocycles. The predicted molar refractivity (Wildman–Crippen MR) is 78.3 cm³/mol. The summed E-state index contributed by atoms with van der Waals surface area (Å²) in [6.07, 6.45) is 2.92. The van der Waals surface area contributed by atoms with Crippen LogP contribution in [0.2, 0.25) is 5.02 Å². The molecule has 2 unspecified atom stereocenters. The van der Waals surface area contributed by atoms with Crippen molar-refractivity contribution < 1.29 is 9.18 Å². The first-order valence-corrected chi connectivity index (χ1v) is 7.40. The molecule has 0 bridgehead atoms. The molecule has 0 spiro atoms. The maximum Gasteiger partial charge on any atom is 0.257 e. The Hall–Kier alpha value is -1.13. The number of likely N-dealkylation sites (tertiary alicyclic amines) is 1. The molecule has 1 saturated heterocycles. The molecule has 1 heterocycles. The molecule has 1 aliphatic heterocycles. The number of carbonyl (C=O) groups excluding carboxylic acids is 1. The van der Waals surface area contributed by atoms with E-state index in [-0.39, 0.29) is 17.5 Å². The molecule has 3 nitrogen and oxygen atoms in total. The van der Waals surface area contributed by atoms with Crippen molar-refractivity contribution in [3.05, 3.63) is 34.6 Å². The highest BCUT2D eigenvalue weighted by molar-refractivity contribution is 6.31. The van der Waals surface area contributed by atoms with Gasteiger partial charge in [-0.1, -0.05) is 24.9 Å². The maximum absolute atomic E-state index is 13.8. The summed E-state index contributed by atoms with van der Waals surface area (Å²) in [5.74, 6) is -0.250. The minimum Gasteiger partial charge on any atom is -0.334 e. The summed E-state index contributed by atoms with van der Waals surface area (Å²) in [4.78, 5) is 14.2. The van der Waals surface area contributed by atoms with E-state index in [1.54, 1.807) is 4.90 Å². The molecule has 2 N–H and O–H groups in total. The molecule has 2 rings (SSSR count). The monoisotopic (exact) mass is 298 g/mol. The fraction of sp³-hybridized carbons (Fsp3) is 0.533. The van der Waals surface area contributed by atoms with Gasteiger partial charge in [-0.25, -0.2) is 4.39 Å². The normalized spacial score (nSPS) is 22.9. The van der Waals surface area contributed by atoms with Gasteiger partial charge in [-0.05, 0) is 37.0 Å². The van der Waals surface area contributed by atoms with Gasteiger partial charge in [0, 0.05) is 24.2 Å². The minimum absolute atomic E-state index is 0.0143. The summed E-state index contributed by atoms with van der Waals surface area (Å²) in [6.45, 7) is 3.18. The first-order chi connectivity index (χ1) is 9.56. The molecule has 20 heavy (non-hydrogen) atoms. The number of hydrogen-bond acceptors (Lipinski definition) is 2. The summed E-state index contributed by atoms with van der Waals surface area (Å²) in [5, 5.41) is 0.363. The zero-order valence-corrected chi connectivity index (χ0v) is 12.4. The Balaban J connectivity index is 2.21. The van der Waals surface area contributed by atoms with Crippen LogP contribution in [0.1, 0.15) is 36.5 Å². The Morgan fingerprint density at radius 3 is 2.95 bits per heavy atom. The molecule has 0 saturated carbocycles. The summed E-state index contributed by atoms with van der Waals surface area (Å²) in [7, 11) is 0. The second-order valence-electron chi connectivity index (χ2n) is 5.31. The van der Waals surface area contributed by atoms with Crippen molar-refractivity contribution in [3.8, 4) is 0 Å². The van der Waals surface area contributed by atoms with Crippen LogP contribution in [-0.4, -0.2) is 29.9 Å². The number of benzene rings is 1. The fourth-order valence-corrected chi connectivity index (χ4v) is 2.98. The van der Waals surface area contributed by atoms with Crippen molar-refractivity contribution in [1.82, 2.24) is 4.90 Å². The Bertz CT molecular complexity index is 495. The molecule has 1 aliphatic rings. The third kappa shape index (κ3) is 3.13.